The van der Waals surface area contributed by atoms with Crippen LogP contribution in [0.1, 0.15) is 36.6 Å². The highest BCUT2D eigenvalue weighted by molar-refractivity contribution is 6.20. The number of H-pyrrole nitrogens is 1. The number of hydrazine groups is 1. The number of fused-ring (bicyclic) bond motifs is 4. The number of aromatic amines is 1. The molecule has 2 aliphatic heterocycles. The van der Waals surface area contributed by atoms with E-state index in [0.29, 0.717) is 5.71 Å². The fourth-order valence-electron chi connectivity index (χ4n) is 5.44. The van der Waals surface area contributed by atoms with Gasteiger partial charge in [-0.2, -0.15) is 4.99 Å². The Balaban J connectivity index is 1.24. The maximum absolute atomic E-state index is 13.0. The van der Waals surface area contributed by atoms with Crippen molar-refractivity contribution in [2.45, 2.75) is 32.6 Å². The van der Waals surface area contributed by atoms with E-state index >= 15 is 0 Å². The molecule has 2 N–H and O–H groups in total. The van der Waals surface area contributed by atoms with E-state index in [4.69, 9.17) is 0 Å². The number of amides is 2. The second-order valence-electron chi connectivity index (χ2n) is 9.39. The molecule has 1 aliphatic carbocycles. The minimum atomic E-state index is -0.335. The first kappa shape index (κ1) is 20.1. The standard InChI is InChI=1S/C27H29N5O/c1-18-12-15-31(16-13-18)24-10-5-11-25-20(24)14-17-32(25)30-27(33)29-23-9-4-8-22-26(23)19-6-2-3-7-21(19)28-22/h2-7,9-11,18,28H,8,12-17H2,1H3,(H,30,33). The molecule has 6 rings (SSSR count). The van der Waals surface area contributed by atoms with Gasteiger partial charge in [0, 0.05) is 59.5 Å². The monoisotopic (exact) mass is 439 g/mol. The van der Waals surface area contributed by atoms with Crippen molar-refractivity contribution in [1.29, 1.82) is 0 Å². The molecule has 0 atom stereocenters. The lowest BCUT2D eigenvalue weighted by atomic mass is 9.97. The third-order valence-electron chi connectivity index (χ3n) is 7.22. The van der Waals surface area contributed by atoms with Gasteiger partial charge >= 0.3 is 6.03 Å². The number of rotatable bonds is 2. The zero-order valence-electron chi connectivity index (χ0n) is 19.0. The predicted molar refractivity (Wildman–Crippen MR) is 134 cm³/mol. The number of piperidine rings is 1. The van der Waals surface area contributed by atoms with Gasteiger partial charge in [-0.1, -0.05) is 37.3 Å². The van der Waals surface area contributed by atoms with Crippen molar-refractivity contribution in [1.82, 2.24) is 10.4 Å². The molecule has 1 saturated heterocycles. The van der Waals surface area contributed by atoms with Gasteiger partial charge in [-0.3, -0.25) is 5.01 Å². The molecule has 1 fully saturated rings. The van der Waals surface area contributed by atoms with Gasteiger partial charge in [0.2, 0.25) is 0 Å². The molecule has 1 aromatic heterocycles. The fourth-order valence-corrected chi connectivity index (χ4v) is 5.44. The summed E-state index contributed by atoms with van der Waals surface area (Å²) in [6.07, 6.45) is 8.25. The van der Waals surface area contributed by atoms with E-state index in [0.717, 1.165) is 66.2 Å². The summed E-state index contributed by atoms with van der Waals surface area (Å²) in [7, 11) is 0. The van der Waals surface area contributed by atoms with Crippen molar-refractivity contribution in [3.63, 3.8) is 0 Å². The van der Waals surface area contributed by atoms with Crippen LogP contribution in [-0.2, 0) is 12.8 Å². The lowest BCUT2D eigenvalue weighted by molar-refractivity contribution is 0.248. The lowest BCUT2D eigenvalue weighted by Crippen LogP contribution is -2.40. The van der Waals surface area contributed by atoms with Gasteiger partial charge in [0.05, 0.1) is 11.4 Å². The summed E-state index contributed by atoms with van der Waals surface area (Å²) < 4.78 is 0. The van der Waals surface area contributed by atoms with E-state index in [9.17, 15) is 4.79 Å². The average molecular weight is 440 g/mol. The molecular weight excluding hydrogens is 410 g/mol. The molecule has 0 radical (unpaired) electrons. The second-order valence-corrected chi connectivity index (χ2v) is 9.39. The molecule has 3 aliphatic rings. The van der Waals surface area contributed by atoms with E-state index in [1.165, 1.54) is 24.1 Å². The van der Waals surface area contributed by atoms with Gasteiger partial charge in [-0.05, 0) is 49.5 Å². The summed E-state index contributed by atoms with van der Waals surface area (Å²) in [4.78, 5) is 23.4. The largest absolute Gasteiger partial charge is 0.371 e. The SMILES string of the molecule is CC1CCN(c2cccc3c2CCN3NC(=O)N=C2C=CCc3[nH]c4ccccc4c32)CC1. The molecule has 0 bridgehead atoms. The quantitative estimate of drug-likeness (QED) is 0.591. The van der Waals surface area contributed by atoms with Crippen molar-refractivity contribution in [3.05, 3.63) is 71.4 Å². The van der Waals surface area contributed by atoms with Crippen molar-refractivity contribution in [2.24, 2.45) is 10.9 Å². The first-order valence-corrected chi connectivity index (χ1v) is 12.0. The van der Waals surface area contributed by atoms with Gasteiger partial charge in [0.15, 0.2) is 0 Å². The van der Waals surface area contributed by atoms with E-state index in [1.54, 1.807) is 0 Å². The van der Waals surface area contributed by atoms with Crippen molar-refractivity contribution >= 4 is 34.0 Å². The van der Waals surface area contributed by atoms with E-state index < -0.39 is 0 Å². The first-order chi connectivity index (χ1) is 16.2. The van der Waals surface area contributed by atoms with Crippen LogP contribution in [0.15, 0.2) is 59.6 Å². The molecule has 2 amide bonds. The molecule has 3 heterocycles. The number of nitrogens with zero attached hydrogens (tertiary/aromatic N) is 3. The number of nitrogens with one attached hydrogen (secondary N) is 2. The van der Waals surface area contributed by atoms with E-state index in [1.807, 2.05) is 23.2 Å². The number of urea groups is 1. The molecule has 33 heavy (non-hydrogen) atoms. The van der Waals surface area contributed by atoms with Crippen LogP contribution >= 0.6 is 0 Å². The summed E-state index contributed by atoms with van der Waals surface area (Å²) >= 11 is 0. The third-order valence-corrected chi connectivity index (χ3v) is 7.22. The van der Waals surface area contributed by atoms with Crippen LogP contribution in [0.2, 0.25) is 0 Å². The molecule has 3 aromatic rings. The molecule has 0 unspecified atom stereocenters. The Hall–Kier alpha value is -3.54. The average Bonchev–Trinajstić information content (AvgIpc) is 3.41. The highest BCUT2D eigenvalue weighted by Gasteiger charge is 2.27. The summed E-state index contributed by atoms with van der Waals surface area (Å²) in [5.41, 5.74) is 10.7. The smallest absolute Gasteiger partial charge is 0.360 e. The van der Waals surface area contributed by atoms with Crippen LogP contribution in [0.4, 0.5) is 16.2 Å². The number of aliphatic imine (C=N–C) groups is 1. The molecule has 0 spiro atoms. The number of para-hydroxylation sites is 1. The Labute approximate surface area is 194 Å². The number of hydrogen-bond donors (Lipinski definition) is 2. The second kappa shape index (κ2) is 8.10. The Morgan fingerprint density at radius 1 is 1.06 bits per heavy atom. The van der Waals surface area contributed by atoms with Crippen LogP contribution < -0.4 is 15.3 Å². The molecule has 6 heteroatoms. The zero-order valence-corrected chi connectivity index (χ0v) is 19.0. The van der Waals surface area contributed by atoms with E-state index in [-0.39, 0.29) is 6.03 Å². The highest BCUT2D eigenvalue weighted by Crippen LogP contribution is 2.36. The lowest BCUT2D eigenvalue weighted by Gasteiger charge is -2.33. The van der Waals surface area contributed by atoms with Crippen LogP contribution in [0.5, 0.6) is 0 Å². The van der Waals surface area contributed by atoms with Crippen LogP contribution in [0, 0.1) is 5.92 Å². The minimum absolute atomic E-state index is 0.335. The zero-order chi connectivity index (χ0) is 22.4. The van der Waals surface area contributed by atoms with Gasteiger partial charge in [0.1, 0.15) is 0 Å². The van der Waals surface area contributed by atoms with Crippen LogP contribution in [0.3, 0.4) is 0 Å². The van der Waals surface area contributed by atoms with Gasteiger partial charge in [0.25, 0.3) is 0 Å². The number of anilines is 2. The summed E-state index contributed by atoms with van der Waals surface area (Å²) in [6, 6.07) is 14.3. The minimum Gasteiger partial charge on any atom is -0.371 e. The van der Waals surface area contributed by atoms with Crippen LogP contribution in [0.25, 0.3) is 10.9 Å². The van der Waals surface area contributed by atoms with Gasteiger partial charge < -0.3 is 9.88 Å². The topological polar surface area (TPSA) is 63.7 Å². The molecule has 2 aromatic carbocycles. The number of allylic oxidation sites excluding steroid dienone is 2. The first-order valence-electron chi connectivity index (χ1n) is 12.0. The number of aromatic nitrogens is 1. The van der Waals surface area contributed by atoms with Gasteiger partial charge in [-0.25, -0.2) is 10.2 Å². The van der Waals surface area contributed by atoms with Crippen molar-refractivity contribution in [3.8, 4) is 0 Å². The predicted octanol–water partition coefficient (Wildman–Crippen LogP) is 4.99. The number of carbonyl (C=O) groups is 1. The van der Waals surface area contributed by atoms with Gasteiger partial charge in [-0.15, -0.1) is 0 Å². The normalized spacial score (nSPS) is 19.2. The maximum atomic E-state index is 13.0. The summed E-state index contributed by atoms with van der Waals surface area (Å²) in [5, 5.41) is 3.07. The maximum Gasteiger partial charge on any atom is 0.360 e. The number of hydrogen-bond acceptors (Lipinski definition) is 3. The Morgan fingerprint density at radius 3 is 2.76 bits per heavy atom. The molecular formula is C27H29N5O. The number of benzene rings is 2. The fraction of sp³-hybridized carbons (Fsp3) is 0.333. The Morgan fingerprint density at radius 2 is 1.88 bits per heavy atom. The van der Waals surface area contributed by atoms with Crippen LogP contribution in [-0.4, -0.2) is 36.4 Å². The molecule has 6 nitrogen and oxygen atoms in total. The third kappa shape index (κ3) is 3.59. The Kier molecular flexibility index (Phi) is 4.93. The molecule has 168 valence electrons. The highest BCUT2D eigenvalue weighted by atomic mass is 16.2. The van der Waals surface area contributed by atoms with Crippen molar-refractivity contribution < 1.29 is 4.79 Å². The summed E-state index contributed by atoms with van der Waals surface area (Å²) in [6.45, 7) is 5.32. The Bertz CT molecular complexity index is 1280. The molecule has 0 saturated carbocycles. The van der Waals surface area contributed by atoms with E-state index in [2.05, 4.69) is 63.6 Å². The van der Waals surface area contributed by atoms with Crippen molar-refractivity contribution in [2.75, 3.05) is 29.5 Å². The summed E-state index contributed by atoms with van der Waals surface area (Å²) in [5.74, 6) is 0.805. The number of carbonyl (C=O) groups excluding carboxylic acids is 1.